The van der Waals surface area contributed by atoms with E-state index in [4.69, 9.17) is 24.5 Å². The Morgan fingerprint density at radius 2 is 2.05 bits per heavy atom. The van der Waals surface area contributed by atoms with Gasteiger partial charge < -0.3 is 18.8 Å². The Bertz CT molecular complexity index is 1620. The monoisotopic (exact) mass is 540 g/mol. The molecule has 9 heteroatoms. The summed E-state index contributed by atoms with van der Waals surface area (Å²) < 4.78 is 33.0. The standard InChI is InChI=1S/C31H29FN4O4/c1-38-31(37)22-5-7-28-29(14-22)36(17-26-9-11-39-26)30(34-28)18-35-10-8-21-4-6-25(13-24(21)16-35)40-19-23-3-2-20(15-33)12-27(23)32/h2-7,12-14,26H,8-11,16-19H2,1H3/t26-/m0/s1. The SMILES string of the molecule is COC(=O)c1ccc2nc(CN3CCc4ccc(OCc5ccc(C#N)cc5F)cc4C3)n(C[C@@H]3CCO3)c2c1. The second kappa shape index (κ2) is 11.1. The second-order valence-corrected chi connectivity index (χ2v) is 10.2. The highest BCUT2D eigenvalue weighted by Gasteiger charge is 2.25. The fourth-order valence-corrected chi connectivity index (χ4v) is 5.29. The smallest absolute Gasteiger partial charge is 0.337 e. The van der Waals surface area contributed by atoms with E-state index in [0.717, 1.165) is 49.4 Å². The maximum Gasteiger partial charge on any atom is 0.337 e. The van der Waals surface area contributed by atoms with Gasteiger partial charge in [0.1, 0.15) is 24.0 Å². The molecule has 2 aliphatic heterocycles. The van der Waals surface area contributed by atoms with Crippen molar-refractivity contribution in [3.05, 3.63) is 94.1 Å². The van der Waals surface area contributed by atoms with Gasteiger partial charge in [-0.2, -0.15) is 5.26 Å². The summed E-state index contributed by atoms with van der Waals surface area (Å²) >= 11 is 0. The number of aromatic nitrogens is 2. The minimum absolute atomic E-state index is 0.0842. The van der Waals surface area contributed by atoms with Crippen molar-refractivity contribution in [2.45, 2.75) is 45.2 Å². The number of halogens is 1. The van der Waals surface area contributed by atoms with Gasteiger partial charge in [-0.15, -0.1) is 0 Å². The van der Waals surface area contributed by atoms with E-state index in [1.165, 1.54) is 24.3 Å². The van der Waals surface area contributed by atoms with Crippen LogP contribution in [0.1, 0.15) is 44.9 Å². The molecule has 0 radical (unpaired) electrons. The molecule has 1 saturated heterocycles. The number of carbonyl (C=O) groups is 1. The molecule has 204 valence electrons. The van der Waals surface area contributed by atoms with Gasteiger partial charge in [-0.25, -0.2) is 14.2 Å². The number of methoxy groups -OCH3 is 1. The zero-order valence-electron chi connectivity index (χ0n) is 22.2. The number of hydrogen-bond donors (Lipinski definition) is 0. The van der Waals surface area contributed by atoms with Crippen molar-refractivity contribution >= 4 is 17.0 Å². The first-order valence-corrected chi connectivity index (χ1v) is 13.4. The highest BCUT2D eigenvalue weighted by atomic mass is 19.1. The molecule has 0 N–H and O–H groups in total. The molecule has 2 aliphatic rings. The van der Waals surface area contributed by atoms with Crippen molar-refractivity contribution in [3.63, 3.8) is 0 Å². The number of rotatable bonds is 8. The highest BCUT2D eigenvalue weighted by molar-refractivity contribution is 5.93. The first-order chi connectivity index (χ1) is 19.5. The lowest BCUT2D eigenvalue weighted by atomic mass is 9.99. The summed E-state index contributed by atoms with van der Waals surface area (Å²) in [5.41, 5.74) is 5.37. The number of esters is 1. The number of nitrogens with zero attached hydrogens (tertiary/aromatic N) is 4. The van der Waals surface area contributed by atoms with Crippen molar-refractivity contribution < 1.29 is 23.4 Å². The van der Waals surface area contributed by atoms with Gasteiger partial charge in [0.05, 0.1) is 54.5 Å². The van der Waals surface area contributed by atoms with Gasteiger partial charge in [0, 0.05) is 25.3 Å². The number of fused-ring (bicyclic) bond motifs is 2. The predicted octanol–water partition coefficient (Wildman–Crippen LogP) is 4.76. The molecule has 0 spiro atoms. The maximum absolute atomic E-state index is 14.3. The number of nitriles is 1. The lowest BCUT2D eigenvalue weighted by molar-refractivity contribution is -0.0592. The molecule has 0 bridgehead atoms. The van der Waals surface area contributed by atoms with Crippen LogP contribution in [0.25, 0.3) is 11.0 Å². The molecule has 6 rings (SSSR count). The van der Waals surface area contributed by atoms with E-state index in [1.807, 2.05) is 30.3 Å². The molecule has 0 unspecified atom stereocenters. The minimum atomic E-state index is -0.447. The molecule has 1 atom stereocenters. The maximum atomic E-state index is 14.3. The zero-order chi connectivity index (χ0) is 27.6. The molecule has 3 heterocycles. The molecule has 0 aliphatic carbocycles. The minimum Gasteiger partial charge on any atom is -0.489 e. The van der Waals surface area contributed by atoms with Crippen molar-refractivity contribution in [3.8, 4) is 11.8 Å². The van der Waals surface area contributed by atoms with Gasteiger partial charge >= 0.3 is 5.97 Å². The van der Waals surface area contributed by atoms with Crippen LogP contribution < -0.4 is 4.74 Å². The summed E-state index contributed by atoms with van der Waals surface area (Å²) in [4.78, 5) is 19.5. The van der Waals surface area contributed by atoms with Crippen LogP contribution in [0.5, 0.6) is 5.75 Å². The fourth-order valence-electron chi connectivity index (χ4n) is 5.29. The number of hydrogen-bond acceptors (Lipinski definition) is 7. The molecule has 40 heavy (non-hydrogen) atoms. The summed E-state index contributed by atoms with van der Waals surface area (Å²) in [5, 5.41) is 8.95. The van der Waals surface area contributed by atoms with Gasteiger partial charge in [-0.1, -0.05) is 12.1 Å². The molecule has 1 fully saturated rings. The van der Waals surface area contributed by atoms with E-state index < -0.39 is 5.82 Å². The third-order valence-electron chi connectivity index (χ3n) is 7.64. The normalized spacial score (nSPS) is 16.7. The molecular weight excluding hydrogens is 511 g/mol. The average Bonchev–Trinajstić information content (AvgIpc) is 3.29. The van der Waals surface area contributed by atoms with Gasteiger partial charge in [-0.3, -0.25) is 4.90 Å². The topological polar surface area (TPSA) is 89.6 Å². The Balaban J connectivity index is 1.20. The molecule has 3 aromatic carbocycles. The molecular formula is C31H29FN4O4. The molecule has 1 aromatic heterocycles. The van der Waals surface area contributed by atoms with Crippen LogP contribution in [0, 0.1) is 17.1 Å². The molecule has 0 saturated carbocycles. The molecule has 8 nitrogen and oxygen atoms in total. The van der Waals surface area contributed by atoms with E-state index in [-0.39, 0.29) is 24.2 Å². The Kier molecular flexibility index (Phi) is 7.20. The van der Waals surface area contributed by atoms with Crippen LogP contribution in [0.15, 0.2) is 54.6 Å². The Morgan fingerprint density at radius 1 is 1.18 bits per heavy atom. The summed E-state index contributed by atoms with van der Waals surface area (Å²) in [6, 6.07) is 17.8. The summed E-state index contributed by atoms with van der Waals surface area (Å²) in [6.45, 7) is 3.81. The number of imidazole rings is 1. The summed E-state index contributed by atoms with van der Waals surface area (Å²) in [5.74, 6) is 0.787. The van der Waals surface area contributed by atoms with Crippen LogP contribution in [0.2, 0.25) is 0 Å². The van der Waals surface area contributed by atoms with Crippen molar-refractivity contribution in [1.29, 1.82) is 5.26 Å². The Morgan fingerprint density at radius 3 is 2.80 bits per heavy atom. The van der Waals surface area contributed by atoms with Crippen LogP contribution in [-0.2, 0) is 42.1 Å². The largest absolute Gasteiger partial charge is 0.489 e. The third kappa shape index (κ3) is 5.28. The van der Waals surface area contributed by atoms with Gasteiger partial charge in [-0.05, 0) is 66.4 Å². The first kappa shape index (κ1) is 26.0. The average molecular weight is 541 g/mol. The lowest BCUT2D eigenvalue weighted by Crippen LogP contribution is -2.34. The van der Waals surface area contributed by atoms with Crippen molar-refractivity contribution in [2.75, 3.05) is 20.3 Å². The van der Waals surface area contributed by atoms with Crippen LogP contribution >= 0.6 is 0 Å². The van der Waals surface area contributed by atoms with E-state index in [0.29, 0.717) is 30.0 Å². The van der Waals surface area contributed by atoms with E-state index in [1.54, 1.807) is 18.2 Å². The molecule has 0 amide bonds. The fraction of sp³-hybridized carbons (Fsp3) is 0.323. The summed E-state index contributed by atoms with van der Waals surface area (Å²) in [6.07, 6.45) is 2.04. The Hall–Kier alpha value is -4.26. The van der Waals surface area contributed by atoms with Gasteiger partial charge in [0.15, 0.2) is 0 Å². The van der Waals surface area contributed by atoms with Gasteiger partial charge in [0.2, 0.25) is 0 Å². The third-order valence-corrected chi connectivity index (χ3v) is 7.64. The van der Waals surface area contributed by atoms with Crippen LogP contribution in [-0.4, -0.2) is 46.8 Å². The van der Waals surface area contributed by atoms with Crippen LogP contribution in [0.3, 0.4) is 0 Å². The van der Waals surface area contributed by atoms with E-state index >= 15 is 0 Å². The lowest BCUT2D eigenvalue weighted by Gasteiger charge is -2.30. The molecule has 4 aromatic rings. The van der Waals surface area contributed by atoms with Crippen molar-refractivity contribution in [1.82, 2.24) is 14.5 Å². The van der Waals surface area contributed by atoms with Gasteiger partial charge in [0.25, 0.3) is 0 Å². The van der Waals surface area contributed by atoms with E-state index in [9.17, 15) is 9.18 Å². The number of ether oxygens (including phenoxy) is 3. The second-order valence-electron chi connectivity index (χ2n) is 10.2. The zero-order valence-corrected chi connectivity index (χ0v) is 22.2. The van der Waals surface area contributed by atoms with E-state index in [2.05, 4.69) is 15.5 Å². The number of carbonyl (C=O) groups excluding carboxylic acids is 1. The van der Waals surface area contributed by atoms with Crippen LogP contribution in [0.4, 0.5) is 4.39 Å². The summed E-state index contributed by atoms with van der Waals surface area (Å²) in [7, 11) is 1.38. The quantitative estimate of drug-likeness (QED) is 0.298. The predicted molar refractivity (Wildman–Crippen MR) is 145 cm³/mol. The number of benzene rings is 3. The van der Waals surface area contributed by atoms with Crippen molar-refractivity contribution in [2.24, 2.45) is 0 Å². The first-order valence-electron chi connectivity index (χ1n) is 13.4. The highest BCUT2D eigenvalue weighted by Crippen LogP contribution is 2.28. The Labute approximate surface area is 231 Å².